The van der Waals surface area contributed by atoms with Gasteiger partial charge in [0.25, 0.3) is 5.91 Å². The summed E-state index contributed by atoms with van der Waals surface area (Å²) in [5, 5.41) is 2.58. The number of aromatic nitrogens is 2. The van der Waals surface area contributed by atoms with Crippen LogP contribution in [0, 0.1) is 0 Å². The van der Waals surface area contributed by atoms with Crippen molar-refractivity contribution in [2.75, 3.05) is 26.3 Å². The van der Waals surface area contributed by atoms with Crippen LogP contribution in [-0.2, 0) is 4.79 Å². The molecule has 13 heteroatoms. The number of nitrogens with one attached hydrogen (secondary N) is 1. The zero-order valence-electron chi connectivity index (χ0n) is 17.6. The Morgan fingerprint density at radius 1 is 1.30 bits per heavy atom. The van der Waals surface area contributed by atoms with Gasteiger partial charge in [0.2, 0.25) is 17.7 Å². The van der Waals surface area contributed by atoms with Crippen molar-refractivity contribution in [1.29, 1.82) is 0 Å². The van der Waals surface area contributed by atoms with E-state index in [-0.39, 0.29) is 65.6 Å². The van der Waals surface area contributed by atoms with E-state index in [1.807, 2.05) is 0 Å². The number of nitrogens with zero attached hydrogens (tertiary/aromatic N) is 3. The second-order valence-corrected chi connectivity index (χ2v) is 7.53. The van der Waals surface area contributed by atoms with Crippen molar-refractivity contribution in [2.24, 2.45) is 0 Å². The standard InChI is InChI=1S/C20H20ClF3N4O5/c1-11(27-12(2)29)9-32-15-7-26-16(8-25-15)33-14-4-3-13-18(17(14)21)31-6-5-28(19(13)30)10-20(22,23)24/h3-4,7-8,11H,5-6,9-10H2,1-2H3,(H,27,29). The molecule has 0 aliphatic carbocycles. The normalized spacial score (nSPS) is 14.6. The lowest BCUT2D eigenvalue weighted by Gasteiger charge is -2.21. The Kier molecular flexibility index (Phi) is 7.46. The minimum atomic E-state index is -4.54. The largest absolute Gasteiger partial charge is 0.489 e. The van der Waals surface area contributed by atoms with E-state index in [1.54, 1.807) is 6.92 Å². The number of amides is 2. The second-order valence-electron chi connectivity index (χ2n) is 7.15. The molecule has 0 fully saturated rings. The summed E-state index contributed by atoms with van der Waals surface area (Å²) in [4.78, 5) is 32.3. The van der Waals surface area contributed by atoms with E-state index < -0.39 is 18.6 Å². The van der Waals surface area contributed by atoms with Gasteiger partial charge < -0.3 is 24.4 Å². The average Bonchev–Trinajstić information content (AvgIpc) is 2.87. The summed E-state index contributed by atoms with van der Waals surface area (Å²) in [6.45, 7) is 1.55. The first-order valence-corrected chi connectivity index (χ1v) is 10.1. The maximum absolute atomic E-state index is 12.8. The summed E-state index contributed by atoms with van der Waals surface area (Å²) in [5.41, 5.74) is -0.0998. The van der Waals surface area contributed by atoms with Gasteiger partial charge in [-0.25, -0.2) is 9.97 Å². The third-order valence-corrected chi connectivity index (χ3v) is 4.66. The summed E-state index contributed by atoms with van der Waals surface area (Å²) in [6, 6.07) is 2.39. The number of alkyl halides is 3. The fraction of sp³-hybridized carbons (Fsp3) is 0.400. The number of ether oxygens (including phenoxy) is 3. The Balaban J connectivity index is 1.70. The fourth-order valence-electron chi connectivity index (χ4n) is 2.97. The molecule has 1 atom stereocenters. The van der Waals surface area contributed by atoms with Crippen LogP contribution in [0.3, 0.4) is 0 Å². The molecule has 0 radical (unpaired) electrons. The van der Waals surface area contributed by atoms with Gasteiger partial charge in [-0.2, -0.15) is 13.2 Å². The molecule has 2 amide bonds. The zero-order valence-corrected chi connectivity index (χ0v) is 18.4. The highest BCUT2D eigenvalue weighted by Crippen LogP contribution is 2.40. The number of carbonyl (C=O) groups excluding carboxylic acids is 2. The lowest BCUT2D eigenvalue weighted by atomic mass is 10.1. The SMILES string of the molecule is CC(=O)NC(C)COc1cnc(Oc2ccc3c(c2Cl)OCCN(CC(F)(F)F)C3=O)cn1. The van der Waals surface area contributed by atoms with Crippen LogP contribution in [0.2, 0.25) is 5.02 Å². The molecule has 0 saturated heterocycles. The van der Waals surface area contributed by atoms with Gasteiger partial charge in [0.05, 0.1) is 30.5 Å². The fourth-order valence-corrected chi connectivity index (χ4v) is 3.22. The van der Waals surface area contributed by atoms with Gasteiger partial charge in [-0.1, -0.05) is 11.6 Å². The second kappa shape index (κ2) is 10.1. The van der Waals surface area contributed by atoms with Gasteiger partial charge in [0, 0.05) is 6.92 Å². The summed E-state index contributed by atoms with van der Waals surface area (Å²) in [7, 11) is 0. The molecule has 3 rings (SSSR count). The maximum Gasteiger partial charge on any atom is 0.406 e. The molecule has 2 heterocycles. The first kappa shape index (κ1) is 24.4. The average molecular weight is 489 g/mol. The van der Waals surface area contributed by atoms with Gasteiger partial charge in [-0.05, 0) is 19.1 Å². The van der Waals surface area contributed by atoms with Crippen molar-refractivity contribution < 1.29 is 37.0 Å². The minimum absolute atomic E-state index is 0.0535. The highest BCUT2D eigenvalue weighted by atomic mass is 35.5. The van der Waals surface area contributed by atoms with Crippen molar-refractivity contribution in [3.8, 4) is 23.3 Å². The molecule has 0 bridgehead atoms. The number of hydrogen-bond acceptors (Lipinski definition) is 7. The Morgan fingerprint density at radius 3 is 2.64 bits per heavy atom. The lowest BCUT2D eigenvalue weighted by molar-refractivity contribution is -0.141. The molecule has 178 valence electrons. The zero-order chi connectivity index (χ0) is 24.2. The molecule has 0 spiro atoms. The Hall–Kier alpha value is -3.28. The van der Waals surface area contributed by atoms with Gasteiger partial charge >= 0.3 is 6.18 Å². The third-order valence-electron chi connectivity index (χ3n) is 4.31. The summed E-state index contributed by atoms with van der Waals surface area (Å²) < 4.78 is 54.7. The van der Waals surface area contributed by atoms with Gasteiger partial charge in [-0.3, -0.25) is 9.59 Å². The summed E-state index contributed by atoms with van der Waals surface area (Å²) >= 11 is 6.30. The van der Waals surface area contributed by atoms with Crippen LogP contribution in [0.4, 0.5) is 13.2 Å². The molecule has 0 saturated carbocycles. The first-order valence-electron chi connectivity index (χ1n) is 9.74. The molecule has 9 nitrogen and oxygen atoms in total. The van der Waals surface area contributed by atoms with Crippen LogP contribution in [0.1, 0.15) is 24.2 Å². The predicted octanol–water partition coefficient (Wildman–Crippen LogP) is 3.22. The summed E-state index contributed by atoms with van der Waals surface area (Å²) in [6.07, 6.45) is -1.96. The smallest absolute Gasteiger partial charge is 0.406 e. The Bertz CT molecular complexity index is 1020. The topological polar surface area (TPSA) is 103 Å². The van der Waals surface area contributed by atoms with Crippen molar-refractivity contribution in [2.45, 2.75) is 26.1 Å². The van der Waals surface area contributed by atoms with E-state index in [2.05, 4.69) is 15.3 Å². The van der Waals surface area contributed by atoms with Gasteiger partial charge in [0.15, 0.2) is 11.5 Å². The molecule has 1 aromatic heterocycles. The van der Waals surface area contributed by atoms with Crippen LogP contribution in [0.5, 0.6) is 23.3 Å². The quantitative estimate of drug-likeness (QED) is 0.638. The predicted molar refractivity (Wildman–Crippen MR) is 110 cm³/mol. The van der Waals surface area contributed by atoms with Gasteiger partial charge in [-0.15, -0.1) is 0 Å². The van der Waals surface area contributed by atoms with Crippen LogP contribution in [0.25, 0.3) is 0 Å². The Morgan fingerprint density at radius 2 is 2.00 bits per heavy atom. The first-order chi connectivity index (χ1) is 15.5. The number of rotatable bonds is 7. The summed E-state index contributed by atoms with van der Waals surface area (Å²) in [5.74, 6) is -0.761. The molecule has 1 aliphatic heterocycles. The Labute approximate surface area is 191 Å². The van der Waals surface area contributed by atoms with Gasteiger partial charge in [0.1, 0.15) is 24.8 Å². The van der Waals surface area contributed by atoms with E-state index in [4.69, 9.17) is 25.8 Å². The van der Waals surface area contributed by atoms with E-state index in [9.17, 15) is 22.8 Å². The van der Waals surface area contributed by atoms with Crippen LogP contribution < -0.4 is 19.5 Å². The van der Waals surface area contributed by atoms with Crippen LogP contribution in [0.15, 0.2) is 24.5 Å². The van der Waals surface area contributed by atoms with Crippen molar-refractivity contribution in [3.63, 3.8) is 0 Å². The molecular formula is C20H20ClF3N4O5. The molecule has 33 heavy (non-hydrogen) atoms. The third kappa shape index (κ3) is 6.60. The number of benzene rings is 1. The van der Waals surface area contributed by atoms with Crippen molar-refractivity contribution >= 4 is 23.4 Å². The number of halogens is 4. The maximum atomic E-state index is 12.8. The minimum Gasteiger partial charge on any atom is -0.489 e. The van der Waals surface area contributed by atoms with Crippen LogP contribution >= 0.6 is 11.6 Å². The van der Waals surface area contributed by atoms with E-state index in [1.165, 1.54) is 31.5 Å². The number of hydrogen-bond donors (Lipinski definition) is 1. The van der Waals surface area contributed by atoms with E-state index >= 15 is 0 Å². The molecule has 1 aromatic carbocycles. The number of carbonyl (C=O) groups is 2. The lowest BCUT2D eigenvalue weighted by Crippen LogP contribution is -2.39. The molecule has 1 N–H and O–H groups in total. The molecular weight excluding hydrogens is 469 g/mol. The van der Waals surface area contributed by atoms with Crippen molar-refractivity contribution in [1.82, 2.24) is 20.2 Å². The van der Waals surface area contributed by atoms with E-state index in [0.29, 0.717) is 4.90 Å². The highest BCUT2D eigenvalue weighted by Gasteiger charge is 2.36. The molecule has 1 unspecified atom stereocenters. The monoisotopic (exact) mass is 488 g/mol. The molecule has 2 aromatic rings. The van der Waals surface area contributed by atoms with E-state index in [0.717, 1.165) is 0 Å². The highest BCUT2D eigenvalue weighted by molar-refractivity contribution is 6.34. The van der Waals surface area contributed by atoms with Crippen molar-refractivity contribution in [3.05, 3.63) is 35.1 Å². The van der Waals surface area contributed by atoms with Crippen LogP contribution in [-0.4, -0.2) is 65.2 Å². The molecule has 1 aliphatic rings. The number of fused-ring (bicyclic) bond motifs is 1.